The van der Waals surface area contributed by atoms with E-state index in [0.29, 0.717) is 43.0 Å². The van der Waals surface area contributed by atoms with Crippen molar-refractivity contribution in [3.05, 3.63) is 99.7 Å². The Labute approximate surface area is 413 Å². The monoisotopic (exact) mass is 994 g/mol. The van der Waals surface area contributed by atoms with E-state index in [2.05, 4.69) is 62.6 Å². The summed E-state index contributed by atoms with van der Waals surface area (Å²) in [7, 11) is -3.22. The molecule has 0 bridgehead atoms. The number of sulfonamides is 1. The van der Waals surface area contributed by atoms with E-state index in [1.165, 1.54) is 36.1 Å². The number of rotatable bonds is 13. The molecule has 1 spiro atoms. The summed E-state index contributed by atoms with van der Waals surface area (Å²) in [5.41, 5.74) is 3.19. The lowest BCUT2D eigenvalue weighted by molar-refractivity contribution is -0.388. The predicted molar refractivity (Wildman–Crippen MR) is 267 cm³/mol. The fraction of sp³-hybridized carbons (Fsp3) is 0.500. The molecule has 2 atom stereocenters. The van der Waals surface area contributed by atoms with E-state index in [1.54, 1.807) is 30.5 Å². The van der Waals surface area contributed by atoms with Crippen LogP contribution in [0, 0.1) is 21.4 Å². The molecule has 2 aliphatic carbocycles. The van der Waals surface area contributed by atoms with Gasteiger partial charge in [-0.2, -0.15) is 4.98 Å². The van der Waals surface area contributed by atoms with Crippen LogP contribution in [-0.2, 0) is 14.8 Å². The Bertz CT molecular complexity index is 2880. The number of benzene rings is 3. The maximum atomic E-state index is 14.3. The molecule has 5 aliphatic rings. The number of fused-ring (bicyclic) bond motifs is 2. The molecule has 10 rings (SSSR count). The van der Waals surface area contributed by atoms with Crippen LogP contribution in [-0.4, -0.2) is 103 Å². The number of aromatic amines is 1. The van der Waals surface area contributed by atoms with E-state index >= 15 is 0 Å². The summed E-state index contributed by atoms with van der Waals surface area (Å²) in [5, 5.41) is 23.5. The van der Waals surface area contributed by atoms with Crippen molar-refractivity contribution in [2.75, 3.05) is 51.5 Å². The SMILES string of the molecule is COc1nc2[nH]ccc2cc1Oc1cc(N2CCC3(CC2)CC(N2CCOC[C@H]2c2ccccc2C(C)C)C3)ccc1C(=O)NS(=O)(=O)c1cc2c(c([N+](=O)[O-])c1)S[C@@H](CC1CCC(C)(O)CC1)CO2. The lowest BCUT2D eigenvalue weighted by atomic mass is 9.59. The first-order valence-electron chi connectivity index (χ1n) is 24.5. The highest BCUT2D eigenvalue weighted by atomic mass is 32.2. The Morgan fingerprint density at radius 3 is 2.54 bits per heavy atom. The van der Waals surface area contributed by atoms with Gasteiger partial charge in [0.25, 0.3) is 27.5 Å². The molecule has 4 fully saturated rings. The van der Waals surface area contributed by atoms with Gasteiger partial charge in [-0.25, -0.2) is 13.1 Å². The number of nitrogens with one attached hydrogen (secondary N) is 2. The number of hydrogen-bond acceptors (Lipinski definition) is 14. The van der Waals surface area contributed by atoms with E-state index in [1.807, 2.05) is 13.0 Å². The molecule has 70 heavy (non-hydrogen) atoms. The predicted octanol–water partition coefficient (Wildman–Crippen LogP) is 9.52. The van der Waals surface area contributed by atoms with Crippen LogP contribution >= 0.6 is 11.8 Å². The van der Waals surface area contributed by atoms with Gasteiger partial charge < -0.3 is 33.9 Å². The number of nitro benzene ring substituents is 1. The smallest absolute Gasteiger partial charge is 0.288 e. The van der Waals surface area contributed by atoms with Crippen molar-refractivity contribution in [3.8, 4) is 23.1 Å². The number of nitro groups is 1. The lowest BCUT2D eigenvalue weighted by Crippen LogP contribution is -2.58. The molecule has 3 aliphatic heterocycles. The fourth-order valence-corrected chi connectivity index (χ4v) is 13.8. The number of thioether (sulfide) groups is 1. The third kappa shape index (κ3) is 9.81. The molecule has 2 saturated carbocycles. The molecular formula is C52H62N6O10S2. The lowest BCUT2D eigenvalue weighted by Gasteiger charge is -2.57. The van der Waals surface area contributed by atoms with E-state index in [-0.39, 0.29) is 56.9 Å². The number of carbonyl (C=O) groups excluding carboxylic acids is 1. The number of morpholine rings is 1. The first-order chi connectivity index (χ1) is 33.6. The average molecular weight is 995 g/mol. The fourth-order valence-electron chi connectivity index (χ4n) is 11.5. The number of pyridine rings is 1. The van der Waals surface area contributed by atoms with Crippen molar-refractivity contribution in [3.63, 3.8) is 0 Å². The molecule has 5 heterocycles. The number of aromatic nitrogens is 2. The summed E-state index contributed by atoms with van der Waals surface area (Å²) in [6.07, 6.45) is 9.83. The van der Waals surface area contributed by atoms with Crippen LogP contribution in [0.25, 0.3) is 11.0 Å². The number of nitrogens with zero attached hydrogens (tertiary/aromatic N) is 4. The summed E-state index contributed by atoms with van der Waals surface area (Å²) in [5.74, 6) is 0.294. The van der Waals surface area contributed by atoms with E-state index < -0.39 is 37.0 Å². The van der Waals surface area contributed by atoms with E-state index in [0.717, 1.165) is 88.3 Å². The zero-order valence-corrected chi connectivity index (χ0v) is 41.8. The average Bonchev–Trinajstić information content (AvgIpc) is 3.80. The van der Waals surface area contributed by atoms with Crippen LogP contribution in [0.3, 0.4) is 0 Å². The van der Waals surface area contributed by atoms with Crippen LogP contribution in [0.4, 0.5) is 11.4 Å². The molecule has 5 aromatic rings. The molecule has 2 saturated heterocycles. The topological polar surface area (TPSA) is 199 Å². The number of amides is 1. The number of carbonyl (C=O) groups is 1. The van der Waals surface area contributed by atoms with Crippen LogP contribution in [0.2, 0.25) is 0 Å². The maximum Gasteiger partial charge on any atom is 0.288 e. The third-order valence-electron chi connectivity index (χ3n) is 15.5. The Morgan fingerprint density at radius 2 is 1.80 bits per heavy atom. The molecule has 2 aromatic heterocycles. The molecular weight excluding hydrogens is 933 g/mol. The van der Waals surface area contributed by atoms with Crippen LogP contribution in [0.5, 0.6) is 23.1 Å². The van der Waals surface area contributed by atoms with Crippen molar-refractivity contribution in [1.82, 2.24) is 19.6 Å². The van der Waals surface area contributed by atoms with Gasteiger partial charge in [-0.05, 0) is 117 Å². The summed E-state index contributed by atoms with van der Waals surface area (Å²) < 4.78 is 54.5. The Morgan fingerprint density at radius 1 is 1.03 bits per heavy atom. The second kappa shape index (κ2) is 19.3. The van der Waals surface area contributed by atoms with Crippen LogP contribution < -0.4 is 23.8 Å². The maximum absolute atomic E-state index is 14.3. The Kier molecular flexibility index (Phi) is 13.3. The van der Waals surface area contributed by atoms with Crippen LogP contribution in [0.1, 0.15) is 112 Å². The first-order valence-corrected chi connectivity index (χ1v) is 26.9. The minimum absolute atomic E-state index is 0.0707. The quantitative estimate of drug-likeness (QED) is 0.0744. The zero-order chi connectivity index (χ0) is 49.0. The van der Waals surface area contributed by atoms with Gasteiger partial charge in [0.15, 0.2) is 5.75 Å². The van der Waals surface area contributed by atoms with Gasteiger partial charge in [0.05, 0.1) is 47.3 Å². The molecule has 16 nitrogen and oxygen atoms in total. The number of aliphatic hydroxyl groups is 1. The highest BCUT2D eigenvalue weighted by Gasteiger charge is 2.50. The number of hydrogen-bond donors (Lipinski definition) is 3. The molecule has 0 unspecified atom stereocenters. The van der Waals surface area contributed by atoms with Crippen molar-refractivity contribution in [2.24, 2.45) is 11.3 Å². The van der Waals surface area contributed by atoms with Gasteiger partial charge in [-0.1, -0.05) is 38.1 Å². The van der Waals surface area contributed by atoms with E-state index in [9.17, 15) is 28.4 Å². The number of anilines is 1. The number of piperidine rings is 1. The standard InChI is InChI=1S/C52H62N6O10S2/c1-32(2)39-7-5-6-8-40(39)43-31-66-22-21-57(43)36-28-52(29-36)16-19-56(20-17-52)35-9-10-41(44(25-35)68-46-24-34-13-18-53-48(34)54-50(46)65-4)49(59)55-70(63,64)38-26-42(58(61)62)47-45(27-38)67-30-37(69-47)23-33-11-14-51(3,60)15-12-33/h5-10,13,18,24-27,32-33,36-37,43,60H,11-12,14-17,19-23,28-31H2,1-4H3,(H,53,54)(H,55,59)/t33?,37-,43-,51?/m0/s1. The zero-order valence-electron chi connectivity index (χ0n) is 40.1. The Balaban J connectivity index is 0.866. The minimum atomic E-state index is -4.68. The van der Waals surface area contributed by atoms with Gasteiger partial charge in [0.1, 0.15) is 28.6 Å². The molecule has 1 amide bonds. The van der Waals surface area contributed by atoms with Gasteiger partial charge in [0, 0.05) is 66.4 Å². The largest absolute Gasteiger partial charge is 0.491 e. The molecule has 3 aromatic carbocycles. The van der Waals surface area contributed by atoms with Crippen molar-refractivity contribution in [2.45, 2.75) is 117 Å². The summed E-state index contributed by atoms with van der Waals surface area (Å²) in [6.45, 7) is 10.5. The molecule has 372 valence electrons. The van der Waals surface area contributed by atoms with Crippen molar-refractivity contribution >= 4 is 50.1 Å². The second-order valence-corrected chi connectivity index (χ2v) is 23.5. The van der Waals surface area contributed by atoms with Gasteiger partial charge >= 0.3 is 0 Å². The number of methoxy groups -OCH3 is 1. The van der Waals surface area contributed by atoms with Crippen molar-refractivity contribution in [1.29, 1.82) is 0 Å². The number of H-pyrrole nitrogens is 1. The Hall–Kier alpha value is -5.40. The van der Waals surface area contributed by atoms with Gasteiger partial charge in [0.2, 0.25) is 0 Å². The molecule has 3 N–H and O–H groups in total. The second-order valence-electron chi connectivity index (χ2n) is 20.5. The van der Waals surface area contributed by atoms with Crippen LogP contribution in [0.15, 0.2) is 82.7 Å². The molecule has 0 radical (unpaired) electrons. The highest BCUT2D eigenvalue weighted by Crippen LogP contribution is 2.54. The first kappa shape index (κ1) is 48.2. The minimum Gasteiger partial charge on any atom is -0.491 e. The van der Waals surface area contributed by atoms with Gasteiger partial charge in [-0.15, -0.1) is 11.8 Å². The molecule has 18 heteroatoms. The van der Waals surface area contributed by atoms with E-state index in [4.69, 9.17) is 18.9 Å². The summed E-state index contributed by atoms with van der Waals surface area (Å²) in [4.78, 5) is 38.4. The summed E-state index contributed by atoms with van der Waals surface area (Å²) in [6, 6.07) is 20.4. The number of ether oxygens (including phenoxy) is 4. The highest BCUT2D eigenvalue weighted by molar-refractivity contribution is 8.00. The van der Waals surface area contributed by atoms with Gasteiger partial charge in [-0.3, -0.25) is 19.8 Å². The normalized spacial score (nSPS) is 23.9. The summed E-state index contributed by atoms with van der Waals surface area (Å²) >= 11 is 1.31. The third-order valence-corrected chi connectivity index (χ3v) is 18.1. The van der Waals surface area contributed by atoms with Crippen molar-refractivity contribution < 1.29 is 42.2 Å².